The number of H-pyrrole nitrogens is 2. The highest BCUT2D eigenvalue weighted by molar-refractivity contribution is 7.91. The van der Waals surface area contributed by atoms with Crippen LogP contribution in [0.5, 0.6) is 29.0 Å². The van der Waals surface area contributed by atoms with E-state index in [0.717, 1.165) is 42.8 Å². The van der Waals surface area contributed by atoms with Gasteiger partial charge in [0.2, 0.25) is 19.7 Å². The molecule has 8 N–H and O–H groups in total. The molecule has 2 aliphatic carbocycles. The summed E-state index contributed by atoms with van der Waals surface area (Å²) in [6, 6.07) is 15.3. The monoisotopic (exact) mass is 1680 g/mol. The number of rotatable bonds is 14. The largest absolute Gasteiger partial charge is 0.505 e. The van der Waals surface area contributed by atoms with Crippen molar-refractivity contribution in [2.45, 2.75) is 146 Å². The predicted molar refractivity (Wildman–Crippen MR) is 485 cm³/mol. The molecule has 6 atom stereocenters. The molecule has 2 saturated carbocycles. The van der Waals surface area contributed by atoms with Crippen molar-refractivity contribution in [3.63, 3.8) is 0 Å². The van der Waals surface area contributed by atoms with Crippen molar-refractivity contribution in [1.82, 2.24) is 60.5 Å². The number of alkyl carbamates (subject to hydrolysis) is 1. The molecule has 4 fully saturated rings. The van der Waals surface area contributed by atoms with Crippen LogP contribution in [0.1, 0.15) is 237 Å². The number of sulfone groups is 2. The van der Waals surface area contributed by atoms with Gasteiger partial charge in [-0.2, -0.15) is 9.97 Å². The van der Waals surface area contributed by atoms with Crippen LogP contribution in [0.25, 0.3) is 43.9 Å². The fraction of sp³-hybridized carbons (Fsp3) is 0.408. The lowest BCUT2D eigenvalue weighted by atomic mass is 10.0. The van der Waals surface area contributed by atoms with Crippen LogP contribution >= 0.6 is 0 Å². The van der Waals surface area contributed by atoms with Gasteiger partial charge >= 0.3 is 18.2 Å². The van der Waals surface area contributed by atoms with Crippen LogP contribution in [0.3, 0.4) is 0 Å². The molecule has 34 heteroatoms. The molecule has 0 radical (unpaired) electrons. The quantitative estimate of drug-likeness (QED) is 0.0302. The Balaban J connectivity index is -0.0000000421. The van der Waals surface area contributed by atoms with Gasteiger partial charge in [-0.3, -0.25) is 4.90 Å². The molecule has 6 aromatic heterocycles. The van der Waals surface area contributed by atoms with E-state index in [9.17, 15) is 30.8 Å². The van der Waals surface area contributed by atoms with E-state index in [1.807, 2.05) is 20.8 Å². The normalized spacial score (nSPS) is 21.7. The fourth-order valence-corrected chi connectivity index (χ4v) is 15.6. The summed E-state index contributed by atoms with van der Waals surface area (Å²) in [5, 5.41) is 15.7. The van der Waals surface area contributed by atoms with E-state index in [4.69, 9.17) is 174 Å². The lowest BCUT2D eigenvalue weighted by Gasteiger charge is -2.31. The minimum Gasteiger partial charge on any atom is -0.505 e. The molecule has 8 heterocycles. The van der Waals surface area contributed by atoms with Crippen molar-refractivity contribution in [1.29, 1.82) is 0 Å². The number of piperidine rings is 2. The number of carbonyl (C=O) groups is 2. The molecular formula is C71H178F4N16O12S2. The number of fused-ring (bicyclic) bond motifs is 10. The third-order valence-corrected chi connectivity index (χ3v) is 20.8. The third-order valence-electron chi connectivity index (χ3n) is 17.7. The van der Waals surface area contributed by atoms with Gasteiger partial charge < -0.3 is 65.3 Å². The molecule has 10 aromatic rings. The second kappa shape index (κ2) is 30.8. The van der Waals surface area contributed by atoms with Gasteiger partial charge in [0.05, 0.1) is 94.5 Å². The Labute approximate surface area is 748 Å². The number of aromatic nitrogens is 10. The number of aromatic hydroxyl groups is 1. The Morgan fingerprint density at radius 1 is 0.705 bits per heavy atom. The number of halogens is 4. The first kappa shape index (κ1) is 36.6. The molecule has 2 amide bonds. The molecule has 105 heavy (non-hydrogen) atoms. The van der Waals surface area contributed by atoms with E-state index in [1.165, 1.54) is 88.9 Å². The summed E-state index contributed by atoms with van der Waals surface area (Å²) in [4.78, 5) is 66.3. The standard InChI is InChI=1S/C32H32F2N4O8S2.C22H22F2N8O.C11H20N2O2.C5H6N2O.CH4.47H2/c1-32(2,3)46-31(39)38(4)23-15-22(33)26(34)24-25-28(35-27(23)24)36-30(48(42,43)17-19-9-13-21(45-6)14-10-19)37-29(25)47(40,41)16-18-7-11-20(44-5)12-8-18;1-9-27-6-12(7-28-9)33-22-30-20-17(16-18(24)13(23)5-15(26-2)19(16)29-20)21(31-22)32-8-10-3-11(32)4-14(10)25;1-11(2,3)15-10(14)13-9-5-8-4-7(9)6-12-8;1-4-6-2-5(8)3-7-4;;;;;;;;;;;;;;;;;;;;;;;;;;;;;;;;;;;;;;;;;;;;;;;;/h7-15H,16-17H2,1-6H3,(H,35,36,37);5-7,10-11,14,26H,3-4,8,25H2,1-2H3,(H,29,30,31);7-9,12H,4-6H2,1-3H3,(H,13,14);2-3,8H,1H3;1H4;47*1H/t;10-,11-,14-;7-,8-,9-;;;;;;;;;;;;;;;;;;;;;;;;;;;;;;;;;;;;;;;;;;;;;;;;;/m.11................................................./s1/i;;;;;47*1+1D. The Morgan fingerprint density at radius 3 is 1.77 bits per heavy atom. The minimum atomic E-state index is -4.58. The van der Waals surface area contributed by atoms with Crippen LogP contribution in [0.4, 0.5) is 44.3 Å². The number of nitrogens with two attached hydrogens (primary N) is 1. The van der Waals surface area contributed by atoms with Gasteiger partial charge in [0.15, 0.2) is 39.8 Å². The molecule has 2 saturated heterocycles. The molecular weight excluding hydrogens is 1410 g/mol. The second-order valence-corrected chi connectivity index (χ2v) is 31.4. The average molecular weight is 1680 g/mol. The summed E-state index contributed by atoms with van der Waals surface area (Å²) in [7, 11) is -3.20. The molecule has 14 rings (SSSR count). The number of amides is 2. The molecule has 0 unspecified atom stereocenters. The maximum atomic E-state index is 15.7. The van der Waals surface area contributed by atoms with Gasteiger partial charge in [-0.1, -0.05) is 31.7 Å². The minimum absolute atomic E-state index is 0. The maximum absolute atomic E-state index is 15.7. The topological polar surface area (TPSA) is 372 Å². The van der Waals surface area contributed by atoms with Crippen molar-refractivity contribution in [2.24, 2.45) is 17.6 Å². The van der Waals surface area contributed by atoms with E-state index in [0.29, 0.717) is 93.0 Å². The van der Waals surface area contributed by atoms with Gasteiger partial charge in [-0.05, 0) is 128 Å². The van der Waals surface area contributed by atoms with Crippen LogP contribution in [-0.4, -0.2) is 161 Å². The number of hydrogen-bond acceptors (Lipinski definition) is 24. The highest BCUT2D eigenvalue weighted by Crippen LogP contribution is 2.46. The number of nitrogens with one attached hydrogen (secondary N) is 5. The molecule has 4 bridgehead atoms. The van der Waals surface area contributed by atoms with Gasteiger partial charge in [0.25, 0.3) is 5.16 Å². The average Bonchev–Trinajstić information content (AvgIpc) is 1.57. The fourth-order valence-electron chi connectivity index (χ4n) is 12.9. The van der Waals surface area contributed by atoms with Gasteiger partial charge in [0, 0.05) is 203 Å². The number of methoxy groups -OCH3 is 2. The molecule has 0 spiro atoms. The maximum Gasteiger partial charge on any atom is 0.414 e. The van der Waals surface area contributed by atoms with Crippen molar-refractivity contribution in [2.75, 3.05) is 56.5 Å². The zero-order chi connectivity index (χ0) is 169. The van der Waals surface area contributed by atoms with Crippen molar-refractivity contribution in [3.05, 3.63) is 131 Å². The smallest absolute Gasteiger partial charge is 0.414 e. The highest BCUT2D eigenvalue weighted by Gasteiger charge is 2.45. The molecule has 28 nitrogen and oxygen atoms in total. The summed E-state index contributed by atoms with van der Waals surface area (Å²) in [5.41, 5.74) is 5.83. The Morgan fingerprint density at radius 2 is 1.26 bits per heavy atom. The zero-order valence-electron chi connectivity index (χ0n) is 153. The lowest BCUT2D eigenvalue weighted by molar-refractivity contribution is 0.0488. The summed E-state index contributed by atoms with van der Waals surface area (Å²) >= 11 is 0. The molecule has 2 aliphatic heterocycles. The number of benzene rings is 4. The second-order valence-electron chi connectivity index (χ2n) is 27.6. The van der Waals surface area contributed by atoms with Crippen LogP contribution in [-0.2, 0) is 40.7 Å². The van der Waals surface area contributed by atoms with E-state index in [1.54, 1.807) is 53.8 Å². The predicted octanol–water partition coefficient (Wildman–Crippen LogP) is 22.9. The van der Waals surface area contributed by atoms with Crippen molar-refractivity contribution >= 4 is 92.9 Å². The first-order valence-corrected chi connectivity index (χ1v) is 36.4. The first-order chi connectivity index (χ1) is 96.1. The number of aryl methyl sites for hydroxylation is 2. The zero-order valence-corrected chi connectivity index (χ0v) is 60.7. The number of ether oxygens (including phenoxy) is 5. The van der Waals surface area contributed by atoms with Crippen LogP contribution in [0.15, 0.2) is 95.6 Å². The van der Waals surface area contributed by atoms with Gasteiger partial charge in [0.1, 0.15) is 51.5 Å². The lowest BCUT2D eigenvalue weighted by Crippen LogP contribution is -2.45. The first-order valence-electron chi connectivity index (χ1n) is 80.1. The molecule has 4 aromatic carbocycles. The third kappa shape index (κ3) is 17.4. The number of aromatic amines is 2. The van der Waals surface area contributed by atoms with Crippen LogP contribution < -0.4 is 45.7 Å². The van der Waals surface area contributed by atoms with Crippen LogP contribution in [0, 0.1) is 49.0 Å². The van der Waals surface area contributed by atoms with Crippen molar-refractivity contribution < 1.29 is 212 Å². The van der Waals surface area contributed by atoms with E-state index < -0.39 is 98.3 Å². The van der Waals surface area contributed by atoms with Crippen LogP contribution in [0.2, 0.25) is 0 Å². The van der Waals surface area contributed by atoms with Gasteiger partial charge in [-0.25, -0.2) is 73.9 Å². The molecule has 654 valence electrons. The summed E-state index contributed by atoms with van der Waals surface area (Å²) < 4.78 is 613. The Kier molecular flexibility index (Phi) is 10.7. The number of hydrogen-bond donors (Lipinski definition) is 7. The Bertz CT molecular complexity index is 5260. The number of carbonyl (C=O) groups excluding carboxylic acids is 2. The number of anilines is 3. The van der Waals surface area contributed by atoms with E-state index >= 15 is 13.2 Å². The highest BCUT2D eigenvalue weighted by atomic mass is 32.2. The summed E-state index contributed by atoms with van der Waals surface area (Å²) in [6.07, 6.45) is 8.59. The summed E-state index contributed by atoms with van der Waals surface area (Å²) in [6.45, 7) is 15.8. The van der Waals surface area contributed by atoms with Gasteiger partial charge in [-0.15, -0.1) is 0 Å². The van der Waals surface area contributed by atoms with Crippen molar-refractivity contribution in [3.8, 4) is 29.0 Å². The Hall–Kier alpha value is -10.3. The molecule has 4 aliphatic rings. The number of nitrogens with zero attached hydrogens (tertiary/aromatic N) is 10. The SMILES string of the molecule is C.CC(C)(C)OC(=O)N[C@@H]1C[C@H]2C[C@@H]1CN2.CNc1cc(F)c(F)c2c1[nH]c1nc(Oc3cnc(C)nc3)nc(N3C[C@H]4C[C@@H]3C[C@H]4N)c12.COc1ccc(CS(=O)(=O)c2nc(S(=O)(=O)Cc3ccc(OC)cc3)c3c(n2)[nH]c2c(N(C)C(=O)OC(C)(C)C)cc(F)c(F)c23)cc1.Cc1ncc(O)cn1.[2H][2H].[2H][2H].[2H][2H].[2H][2H].[2H][2H].[2H][2H].[2H][2H].[2H][2H].[2H][2H].[2H][2H].[2H][2H].[2H][2H].[2H][2H].[2H][2H].[2H][2H].[2H][2H].[2H][2H].[2H][2H].[2H][2H].[2H][2H].[2H][2H].[2H][2H].[2H][2H].[2H][2H].[2H][2H].[2H][2H].[2H][2H].[2H][2H].[2H][2H].[2H][2H].[2H][2H].[2H][2H].[2H][2H].[2H][2H].[2H][2H].[2H][2H].[2H][2H].[2H][2H].[2H][2H].[2H][2H].[2H][2H].[2H][2H].[2H][2H].[2H][2H].[2H][2H].[2H][2H].[2H][2H]. The van der Waals surface area contributed by atoms with E-state index in [-0.39, 0.29) is 59.5 Å². The van der Waals surface area contributed by atoms with E-state index in [2.05, 4.69) is 70.7 Å². The summed E-state index contributed by atoms with van der Waals surface area (Å²) in [5.74, 6) is -1.93.